The first-order valence-corrected chi connectivity index (χ1v) is 8.44. The molecule has 0 saturated carbocycles. The number of rotatable bonds is 10. The number of hydrogen-bond acceptors (Lipinski definition) is 3. The molecule has 2 N–H and O–H groups in total. The average Bonchev–Trinajstić information content (AvgIpc) is 2.60. The van der Waals surface area contributed by atoms with Crippen LogP contribution in [-0.2, 0) is 0 Å². The van der Waals surface area contributed by atoms with Crippen LogP contribution in [0.15, 0.2) is 54.6 Å². The van der Waals surface area contributed by atoms with Crippen molar-refractivity contribution in [3.63, 3.8) is 0 Å². The fourth-order valence-electron chi connectivity index (χ4n) is 2.62. The topological polar surface area (TPSA) is 44.5 Å². The standard InChI is InChI=1S/C20H27NO2/c1-2-22-20-13-11-17(12-14-20)18(16-21)8-6-7-15-23-19-9-4-3-5-10-19/h3-5,9-14,18H,2,6-8,15-16,21H2,1H3. The summed E-state index contributed by atoms with van der Waals surface area (Å²) in [5.41, 5.74) is 7.24. The molecule has 0 radical (unpaired) electrons. The molecule has 0 aliphatic heterocycles. The van der Waals surface area contributed by atoms with Crippen LogP contribution in [0.4, 0.5) is 0 Å². The molecule has 0 heterocycles. The van der Waals surface area contributed by atoms with Gasteiger partial charge < -0.3 is 15.2 Å². The van der Waals surface area contributed by atoms with Crippen molar-refractivity contribution in [1.82, 2.24) is 0 Å². The fourth-order valence-corrected chi connectivity index (χ4v) is 2.62. The molecule has 2 aromatic rings. The molecule has 124 valence electrons. The van der Waals surface area contributed by atoms with Gasteiger partial charge in [0, 0.05) is 0 Å². The first kappa shape index (κ1) is 17.4. The molecule has 1 atom stereocenters. The van der Waals surface area contributed by atoms with Gasteiger partial charge in [-0.05, 0) is 68.5 Å². The molecule has 0 bridgehead atoms. The lowest BCUT2D eigenvalue weighted by atomic mass is 9.93. The van der Waals surface area contributed by atoms with Crippen molar-refractivity contribution in [2.75, 3.05) is 19.8 Å². The predicted octanol–water partition coefficient (Wildman–Crippen LogP) is 4.38. The van der Waals surface area contributed by atoms with Gasteiger partial charge in [-0.3, -0.25) is 0 Å². The number of para-hydroxylation sites is 1. The second-order valence-electron chi connectivity index (χ2n) is 5.59. The summed E-state index contributed by atoms with van der Waals surface area (Å²) in [6.07, 6.45) is 3.24. The zero-order valence-corrected chi connectivity index (χ0v) is 13.9. The van der Waals surface area contributed by atoms with Crippen molar-refractivity contribution in [2.24, 2.45) is 5.73 Å². The van der Waals surface area contributed by atoms with Crippen molar-refractivity contribution in [3.05, 3.63) is 60.2 Å². The Hall–Kier alpha value is -2.00. The monoisotopic (exact) mass is 313 g/mol. The van der Waals surface area contributed by atoms with Crippen LogP contribution >= 0.6 is 0 Å². The maximum atomic E-state index is 5.94. The van der Waals surface area contributed by atoms with Gasteiger partial charge in [0.05, 0.1) is 13.2 Å². The van der Waals surface area contributed by atoms with Gasteiger partial charge in [0.25, 0.3) is 0 Å². The minimum absolute atomic E-state index is 0.405. The van der Waals surface area contributed by atoms with E-state index < -0.39 is 0 Å². The lowest BCUT2D eigenvalue weighted by molar-refractivity contribution is 0.303. The molecule has 0 amide bonds. The largest absolute Gasteiger partial charge is 0.494 e. The number of ether oxygens (including phenoxy) is 2. The Bertz CT molecular complexity index is 539. The van der Waals surface area contributed by atoms with Crippen molar-refractivity contribution in [1.29, 1.82) is 0 Å². The van der Waals surface area contributed by atoms with E-state index in [1.165, 1.54) is 5.56 Å². The zero-order valence-electron chi connectivity index (χ0n) is 13.9. The Morgan fingerprint density at radius 3 is 2.22 bits per heavy atom. The van der Waals surface area contributed by atoms with Gasteiger partial charge in [-0.1, -0.05) is 30.3 Å². The molecular weight excluding hydrogens is 286 g/mol. The van der Waals surface area contributed by atoms with Crippen LogP contribution in [0.3, 0.4) is 0 Å². The SMILES string of the molecule is CCOc1ccc(C(CN)CCCCOc2ccccc2)cc1. The highest BCUT2D eigenvalue weighted by molar-refractivity contribution is 5.29. The van der Waals surface area contributed by atoms with E-state index in [2.05, 4.69) is 12.1 Å². The van der Waals surface area contributed by atoms with Crippen LogP contribution in [0.5, 0.6) is 11.5 Å². The molecule has 2 rings (SSSR count). The summed E-state index contributed by atoms with van der Waals surface area (Å²) in [5.74, 6) is 2.26. The Balaban J connectivity index is 1.72. The average molecular weight is 313 g/mol. The van der Waals surface area contributed by atoms with Gasteiger partial charge in [-0.2, -0.15) is 0 Å². The first-order valence-electron chi connectivity index (χ1n) is 8.44. The van der Waals surface area contributed by atoms with Crippen LogP contribution in [0.1, 0.15) is 37.7 Å². The molecule has 0 fully saturated rings. The van der Waals surface area contributed by atoms with Gasteiger partial charge in [-0.15, -0.1) is 0 Å². The summed E-state index contributed by atoms with van der Waals surface area (Å²) in [4.78, 5) is 0. The first-order chi connectivity index (χ1) is 11.3. The van der Waals surface area contributed by atoms with E-state index in [-0.39, 0.29) is 0 Å². The number of hydrogen-bond donors (Lipinski definition) is 1. The zero-order chi connectivity index (χ0) is 16.3. The quantitative estimate of drug-likeness (QED) is 0.662. The molecule has 0 spiro atoms. The summed E-state index contributed by atoms with van der Waals surface area (Å²) >= 11 is 0. The number of unbranched alkanes of at least 4 members (excludes halogenated alkanes) is 1. The second-order valence-corrected chi connectivity index (χ2v) is 5.59. The lowest BCUT2D eigenvalue weighted by Crippen LogP contribution is -2.13. The van der Waals surface area contributed by atoms with E-state index in [0.29, 0.717) is 19.1 Å². The summed E-state index contributed by atoms with van der Waals surface area (Å²) in [7, 11) is 0. The third-order valence-electron chi connectivity index (χ3n) is 3.91. The Kier molecular flexibility index (Phi) is 7.47. The molecule has 0 aliphatic rings. The molecule has 0 aliphatic carbocycles. The van der Waals surface area contributed by atoms with Gasteiger partial charge in [-0.25, -0.2) is 0 Å². The Morgan fingerprint density at radius 2 is 1.57 bits per heavy atom. The van der Waals surface area contributed by atoms with Crippen molar-refractivity contribution in [3.8, 4) is 11.5 Å². The van der Waals surface area contributed by atoms with E-state index in [0.717, 1.165) is 37.4 Å². The molecule has 0 saturated heterocycles. The van der Waals surface area contributed by atoms with Crippen molar-refractivity contribution >= 4 is 0 Å². The molecule has 2 aromatic carbocycles. The maximum Gasteiger partial charge on any atom is 0.119 e. The van der Waals surface area contributed by atoms with Crippen LogP contribution in [0.2, 0.25) is 0 Å². The second kappa shape index (κ2) is 9.90. The Morgan fingerprint density at radius 1 is 0.870 bits per heavy atom. The van der Waals surface area contributed by atoms with Crippen LogP contribution in [0.25, 0.3) is 0 Å². The maximum absolute atomic E-state index is 5.94. The van der Waals surface area contributed by atoms with E-state index >= 15 is 0 Å². The molecule has 23 heavy (non-hydrogen) atoms. The van der Waals surface area contributed by atoms with Crippen molar-refractivity contribution in [2.45, 2.75) is 32.1 Å². The van der Waals surface area contributed by atoms with E-state index in [1.54, 1.807) is 0 Å². The predicted molar refractivity (Wildman–Crippen MR) is 95.2 cm³/mol. The van der Waals surface area contributed by atoms with Gasteiger partial charge in [0.1, 0.15) is 11.5 Å². The summed E-state index contributed by atoms with van der Waals surface area (Å²) < 4.78 is 11.2. The normalized spacial score (nSPS) is 11.9. The molecule has 1 unspecified atom stereocenters. The minimum Gasteiger partial charge on any atom is -0.494 e. The Labute approximate surface area is 139 Å². The van der Waals surface area contributed by atoms with Gasteiger partial charge in [0.15, 0.2) is 0 Å². The fraction of sp³-hybridized carbons (Fsp3) is 0.400. The molecular formula is C20H27NO2. The van der Waals surface area contributed by atoms with E-state index in [1.807, 2.05) is 49.4 Å². The minimum atomic E-state index is 0.405. The van der Waals surface area contributed by atoms with Crippen LogP contribution < -0.4 is 15.2 Å². The summed E-state index contributed by atoms with van der Waals surface area (Å²) in [5, 5.41) is 0. The lowest BCUT2D eigenvalue weighted by Gasteiger charge is -2.16. The highest BCUT2D eigenvalue weighted by atomic mass is 16.5. The highest BCUT2D eigenvalue weighted by Gasteiger charge is 2.09. The third kappa shape index (κ3) is 5.95. The van der Waals surface area contributed by atoms with E-state index in [4.69, 9.17) is 15.2 Å². The molecule has 3 heteroatoms. The van der Waals surface area contributed by atoms with E-state index in [9.17, 15) is 0 Å². The summed E-state index contributed by atoms with van der Waals surface area (Å²) in [6, 6.07) is 18.3. The van der Waals surface area contributed by atoms with Gasteiger partial charge >= 0.3 is 0 Å². The number of benzene rings is 2. The van der Waals surface area contributed by atoms with Crippen LogP contribution in [-0.4, -0.2) is 19.8 Å². The highest BCUT2D eigenvalue weighted by Crippen LogP contribution is 2.23. The number of nitrogens with two attached hydrogens (primary N) is 1. The van der Waals surface area contributed by atoms with Crippen LogP contribution in [0, 0.1) is 0 Å². The smallest absolute Gasteiger partial charge is 0.119 e. The van der Waals surface area contributed by atoms with Crippen molar-refractivity contribution < 1.29 is 9.47 Å². The summed E-state index contributed by atoms with van der Waals surface area (Å²) in [6.45, 7) is 4.12. The third-order valence-corrected chi connectivity index (χ3v) is 3.91. The molecule has 3 nitrogen and oxygen atoms in total. The molecule has 0 aromatic heterocycles. The van der Waals surface area contributed by atoms with Gasteiger partial charge in [0.2, 0.25) is 0 Å².